The fourth-order valence-corrected chi connectivity index (χ4v) is 1.59. The van der Waals surface area contributed by atoms with Crippen molar-refractivity contribution in [1.29, 1.82) is 0 Å². The van der Waals surface area contributed by atoms with E-state index in [1.807, 2.05) is 0 Å². The number of hydrogen-bond donors (Lipinski definition) is 0. The SMILES string of the molecule is CC[C@@H](C(=O)N=O)N1CCCC1=O. The van der Waals surface area contributed by atoms with E-state index < -0.39 is 11.9 Å². The molecule has 0 unspecified atom stereocenters. The molecule has 1 heterocycles. The topological polar surface area (TPSA) is 66.8 Å². The average Bonchev–Trinajstić information content (AvgIpc) is 2.53. The Morgan fingerprint density at radius 1 is 1.69 bits per heavy atom. The summed E-state index contributed by atoms with van der Waals surface area (Å²) in [4.78, 5) is 33.7. The van der Waals surface area contributed by atoms with Crippen molar-refractivity contribution < 1.29 is 9.59 Å². The Bertz CT molecular complexity index is 240. The fourth-order valence-electron chi connectivity index (χ4n) is 1.59. The van der Waals surface area contributed by atoms with Crippen LogP contribution < -0.4 is 0 Å². The first kappa shape index (κ1) is 9.83. The van der Waals surface area contributed by atoms with E-state index in [-0.39, 0.29) is 5.91 Å². The molecule has 0 radical (unpaired) electrons. The molecule has 1 aliphatic heterocycles. The van der Waals surface area contributed by atoms with E-state index in [4.69, 9.17) is 0 Å². The van der Waals surface area contributed by atoms with E-state index in [2.05, 4.69) is 5.18 Å². The van der Waals surface area contributed by atoms with Crippen molar-refractivity contribution in [3.05, 3.63) is 4.91 Å². The van der Waals surface area contributed by atoms with Crippen molar-refractivity contribution in [2.24, 2.45) is 5.18 Å². The molecule has 0 aromatic heterocycles. The van der Waals surface area contributed by atoms with Crippen LogP contribution in [0.5, 0.6) is 0 Å². The summed E-state index contributed by atoms with van der Waals surface area (Å²) in [5, 5.41) is 2.36. The molecule has 1 fully saturated rings. The molecular formula is C8H12N2O3. The zero-order chi connectivity index (χ0) is 9.84. The number of carbonyl (C=O) groups excluding carboxylic acids is 2. The van der Waals surface area contributed by atoms with Gasteiger partial charge in [0, 0.05) is 18.1 Å². The molecule has 0 bridgehead atoms. The molecule has 13 heavy (non-hydrogen) atoms. The van der Waals surface area contributed by atoms with Crippen molar-refractivity contribution >= 4 is 11.8 Å². The maximum Gasteiger partial charge on any atom is 0.308 e. The number of nitroso groups, excluding NO2 is 1. The van der Waals surface area contributed by atoms with Crippen LogP contribution >= 0.6 is 0 Å². The van der Waals surface area contributed by atoms with Crippen molar-refractivity contribution in [2.75, 3.05) is 6.54 Å². The third-order valence-electron chi connectivity index (χ3n) is 2.25. The quantitative estimate of drug-likeness (QED) is 0.606. The van der Waals surface area contributed by atoms with Crippen LogP contribution in [0.1, 0.15) is 26.2 Å². The van der Waals surface area contributed by atoms with Crippen molar-refractivity contribution in [1.82, 2.24) is 4.90 Å². The second kappa shape index (κ2) is 4.11. The number of rotatable bonds is 3. The molecule has 1 aliphatic rings. The van der Waals surface area contributed by atoms with Crippen molar-refractivity contribution in [2.45, 2.75) is 32.2 Å². The number of likely N-dealkylation sites (tertiary alicyclic amines) is 1. The molecule has 0 saturated carbocycles. The van der Waals surface area contributed by atoms with Gasteiger partial charge in [0.1, 0.15) is 6.04 Å². The summed E-state index contributed by atoms with van der Waals surface area (Å²) in [6, 6.07) is -0.632. The molecule has 0 aromatic carbocycles. The number of carbonyl (C=O) groups is 2. The summed E-state index contributed by atoms with van der Waals surface area (Å²) in [5.41, 5.74) is 0. The molecule has 0 spiro atoms. The molecule has 72 valence electrons. The van der Waals surface area contributed by atoms with Crippen LogP contribution in [0.4, 0.5) is 0 Å². The van der Waals surface area contributed by atoms with Crippen LogP contribution in [-0.4, -0.2) is 29.3 Å². The molecule has 1 rings (SSSR count). The zero-order valence-corrected chi connectivity index (χ0v) is 7.52. The van der Waals surface area contributed by atoms with Gasteiger partial charge in [0.15, 0.2) is 0 Å². The van der Waals surface area contributed by atoms with Gasteiger partial charge >= 0.3 is 5.91 Å². The lowest BCUT2D eigenvalue weighted by atomic mass is 10.2. The van der Waals surface area contributed by atoms with Crippen LogP contribution in [-0.2, 0) is 9.59 Å². The summed E-state index contributed by atoms with van der Waals surface area (Å²) in [6.45, 7) is 2.33. The largest absolute Gasteiger partial charge is 0.330 e. The molecule has 0 aromatic rings. The Morgan fingerprint density at radius 3 is 2.77 bits per heavy atom. The van der Waals surface area contributed by atoms with Gasteiger partial charge in [-0.25, -0.2) is 0 Å². The molecule has 5 nitrogen and oxygen atoms in total. The van der Waals surface area contributed by atoms with Gasteiger partial charge in [0.05, 0.1) is 0 Å². The Morgan fingerprint density at radius 2 is 2.38 bits per heavy atom. The number of nitrogens with zero attached hydrogens (tertiary/aromatic N) is 2. The Kier molecular flexibility index (Phi) is 3.11. The predicted molar refractivity (Wildman–Crippen MR) is 45.8 cm³/mol. The maximum absolute atomic E-state index is 11.2. The van der Waals surface area contributed by atoms with Gasteiger partial charge in [-0.15, -0.1) is 4.91 Å². The summed E-state index contributed by atoms with van der Waals surface area (Å²) >= 11 is 0. The van der Waals surface area contributed by atoms with Crippen LogP contribution in [0.25, 0.3) is 0 Å². The van der Waals surface area contributed by atoms with E-state index in [1.165, 1.54) is 4.90 Å². The third-order valence-corrected chi connectivity index (χ3v) is 2.25. The van der Waals surface area contributed by atoms with Gasteiger partial charge < -0.3 is 4.90 Å². The van der Waals surface area contributed by atoms with Crippen LogP contribution in [0, 0.1) is 4.91 Å². The van der Waals surface area contributed by atoms with Crippen molar-refractivity contribution in [3.63, 3.8) is 0 Å². The Balaban J connectivity index is 2.70. The van der Waals surface area contributed by atoms with Crippen molar-refractivity contribution in [3.8, 4) is 0 Å². The van der Waals surface area contributed by atoms with Crippen LogP contribution in [0.3, 0.4) is 0 Å². The minimum absolute atomic E-state index is 0.0520. The highest BCUT2D eigenvalue weighted by Crippen LogP contribution is 2.16. The summed E-state index contributed by atoms with van der Waals surface area (Å²) < 4.78 is 0. The Labute approximate surface area is 76.1 Å². The van der Waals surface area contributed by atoms with E-state index in [1.54, 1.807) is 6.92 Å². The lowest BCUT2D eigenvalue weighted by molar-refractivity contribution is -0.136. The second-order valence-electron chi connectivity index (χ2n) is 3.04. The summed E-state index contributed by atoms with van der Waals surface area (Å²) in [7, 11) is 0. The number of hydrogen-bond acceptors (Lipinski definition) is 3. The monoisotopic (exact) mass is 184 g/mol. The van der Waals surface area contributed by atoms with E-state index >= 15 is 0 Å². The first-order valence-corrected chi connectivity index (χ1v) is 4.37. The second-order valence-corrected chi connectivity index (χ2v) is 3.04. The van der Waals surface area contributed by atoms with Crippen LogP contribution in [0.2, 0.25) is 0 Å². The minimum atomic E-state index is -0.738. The highest BCUT2D eigenvalue weighted by Gasteiger charge is 2.31. The molecule has 2 amide bonds. The Hall–Kier alpha value is -1.26. The molecule has 5 heteroatoms. The molecule has 1 atom stereocenters. The normalized spacial score (nSPS) is 18.8. The summed E-state index contributed by atoms with van der Waals surface area (Å²) in [6.07, 6.45) is 1.69. The van der Waals surface area contributed by atoms with E-state index in [9.17, 15) is 14.5 Å². The molecule has 1 saturated heterocycles. The lowest BCUT2D eigenvalue weighted by Crippen LogP contribution is -2.40. The van der Waals surface area contributed by atoms with Gasteiger partial charge in [-0.05, 0) is 12.8 Å². The van der Waals surface area contributed by atoms with Gasteiger partial charge in [-0.3, -0.25) is 9.59 Å². The minimum Gasteiger partial charge on any atom is -0.330 e. The smallest absolute Gasteiger partial charge is 0.308 e. The van der Waals surface area contributed by atoms with Gasteiger partial charge in [0.25, 0.3) is 0 Å². The zero-order valence-electron chi connectivity index (χ0n) is 7.52. The lowest BCUT2D eigenvalue weighted by Gasteiger charge is -2.22. The van der Waals surface area contributed by atoms with E-state index in [0.717, 1.165) is 6.42 Å². The maximum atomic E-state index is 11.2. The fraction of sp³-hybridized carbons (Fsp3) is 0.750. The van der Waals surface area contributed by atoms with Gasteiger partial charge in [-0.1, -0.05) is 6.92 Å². The van der Waals surface area contributed by atoms with Crippen LogP contribution in [0.15, 0.2) is 5.18 Å². The average molecular weight is 184 g/mol. The number of amides is 2. The standard InChI is InChI=1S/C8H12N2O3/c1-2-6(8(12)9-13)10-5-3-4-7(10)11/h6H,2-5H2,1H3/t6-/m0/s1. The molecule has 0 aliphatic carbocycles. The highest BCUT2D eigenvalue weighted by molar-refractivity contribution is 5.88. The van der Waals surface area contributed by atoms with Gasteiger partial charge in [0.2, 0.25) is 5.91 Å². The summed E-state index contributed by atoms with van der Waals surface area (Å²) in [5.74, 6) is -0.790. The van der Waals surface area contributed by atoms with E-state index in [0.29, 0.717) is 19.4 Å². The van der Waals surface area contributed by atoms with Gasteiger partial charge in [-0.2, -0.15) is 0 Å². The predicted octanol–water partition coefficient (Wildman–Crippen LogP) is 0.680. The third kappa shape index (κ3) is 1.91. The highest BCUT2D eigenvalue weighted by atomic mass is 16.3. The molecular weight excluding hydrogens is 172 g/mol. The first-order valence-electron chi connectivity index (χ1n) is 4.37. The molecule has 0 N–H and O–H groups in total. The first-order chi connectivity index (χ1) is 6.20.